The Morgan fingerprint density at radius 2 is 1.87 bits per heavy atom. The first-order chi connectivity index (χ1) is 15.2. The van der Waals surface area contributed by atoms with Crippen molar-refractivity contribution >= 4 is 29.1 Å². The Morgan fingerprint density at radius 3 is 2.58 bits per heavy atom. The smallest absolute Gasteiger partial charge is 0.337 e. The van der Waals surface area contributed by atoms with E-state index in [0.717, 1.165) is 46.0 Å². The first kappa shape index (κ1) is 21.3. The van der Waals surface area contributed by atoms with Crippen molar-refractivity contribution in [3.63, 3.8) is 0 Å². The highest BCUT2D eigenvalue weighted by Gasteiger charge is 2.13. The standard InChI is InChI=1S/C23H22N4O2S2/c1-3-27-20(13-16-7-5-4-6-8-16)25-26-23(27)31-15-19-14-30-21(24-19)17-9-11-18(12-10-17)22(28)29-2/h4-12,14H,3,13,15H2,1-2H3. The van der Waals surface area contributed by atoms with Crippen LogP contribution in [-0.2, 0) is 23.5 Å². The first-order valence-electron chi connectivity index (χ1n) is 9.90. The van der Waals surface area contributed by atoms with E-state index in [0.29, 0.717) is 5.56 Å². The van der Waals surface area contributed by atoms with Crippen molar-refractivity contribution in [1.29, 1.82) is 0 Å². The van der Waals surface area contributed by atoms with Crippen LogP contribution < -0.4 is 0 Å². The highest BCUT2D eigenvalue weighted by molar-refractivity contribution is 7.98. The number of thioether (sulfide) groups is 1. The maximum Gasteiger partial charge on any atom is 0.337 e. The van der Waals surface area contributed by atoms with E-state index < -0.39 is 0 Å². The number of ether oxygens (including phenoxy) is 1. The summed E-state index contributed by atoms with van der Waals surface area (Å²) in [6.07, 6.45) is 0.769. The normalized spacial score (nSPS) is 10.9. The fraction of sp³-hybridized carbons (Fsp3) is 0.217. The molecule has 2 aromatic heterocycles. The van der Waals surface area contributed by atoms with Gasteiger partial charge in [-0.25, -0.2) is 9.78 Å². The van der Waals surface area contributed by atoms with Gasteiger partial charge in [-0.2, -0.15) is 0 Å². The van der Waals surface area contributed by atoms with Crippen LogP contribution in [0.1, 0.15) is 34.4 Å². The summed E-state index contributed by atoms with van der Waals surface area (Å²) in [7, 11) is 1.38. The molecule has 31 heavy (non-hydrogen) atoms. The van der Waals surface area contributed by atoms with E-state index in [2.05, 4.69) is 39.2 Å². The van der Waals surface area contributed by atoms with E-state index in [-0.39, 0.29) is 5.97 Å². The van der Waals surface area contributed by atoms with Crippen LogP contribution >= 0.6 is 23.1 Å². The molecule has 4 rings (SSSR count). The van der Waals surface area contributed by atoms with Crippen molar-refractivity contribution in [2.45, 2.75) is 30.8 Å². The molecule has 0 saturated heterocycles. The van der Waals surface area contributed by atoms with Crippen molar-refractivity contribution in [3.05, 3.63) is 82.6 Å². The molecule has 8 heteroatoms. The zero-order valence-corrected chi connectivity index (χ0v) is 18.9. The van der Waals surface area contributed by atoms with Gasteiger partial charge in [-0.05, 0) is 24.6 Å². The molecular formula is C23H22N4O2S2. The minimum absolute atomic E-state index is 0.338. The maximum absolute atomic E-state index is 11.6. The van der Waals surface area contributed by atoms with E-state index in [1.54, 1.807) is 35.2 Å². The van der Waals surface area contributed by atoms with Crippen molar-refractivity contribution < 1.29 is 9.53 Å². The van der Waals surface area contributed by atoms with Gasteiger partial charge in [-0.1, -0.05) is 54.2 Å². The number of hydrogen-bond donors (Lipinski definition) is 0. The quantitative estimate of drug-likeness (QED) is 0.275. The lowest BCUT2D eigenvalue weighted by Gasteiger charge is -2.07. The summed E-state index contributed by atoms with van der Waals surface area (Å²) >= 11 is 3.24. The number of thiazole rings is 1. The summed E-state index contributed by atoms with van der Waals surface area (Å²) < 4.78 is 6.91. The molecule has 0 spiro atoms. The van der Waals surface area contributed by atoms with Crippen LogP contribution in [0.15, 0.2) is 65.1 Å². The molecule has 2 heterocycles. The van der Waals surface area contributed by atoms with Gasteiger partial charge in [0.2, 0.25) is 0 Å². The number of methoxy groups -OCH3 is 1. The zero-order chi connectivity index (χ0) is 21.6. The van der Waals surface area contributed by atoms with E-state index in [9.17, 15) is 4.79 Å². The number of esters is 1. The molecule has 6 nitrogen and oxygen atoms in total. The van der Waals surface area contributed by atoms with Gasteiger partial charge >= 0.3 is 5.97 Å². The van der Waals surface area contributed by atoms with Crippen LogP contribution in [0.25, 0.3) is 10.6 Å². The topological polar surface area (TPSA) is 69.9 Å². The Morgan fingerprint density at radius 1 is 1.10 bits per heavy atom. The molecule has 0 amide bonds. The van der Waals surface area contributed by atoms with Gasteiger partial charge < -0.3 is 9.30 Å². The van der Waals surface area contributed by atoms with Crippen LogP contribution in [0.2, 0.25) is 0 Å². The molecule has 0 bridgehead atoms. The molecule has 0 saturated carbocycles. The number of hydrogen-bond acceptors (Lipinski definition) is 7. The van der Waals surface area contributed by atoms with E-state index in [1.165, 1.54) is 12.7 Å². The minimum atomic E-state index is -0.338. The third-order valence-electron chi connectivity index (χ3n) is 4.77. The second-order valence-corrected chi connectivity index (χ2v) is 8.61. The fourth-order valence-electron chi connectivity index (χ4n) is 3.16. The lowest BCUT2D eigenvalue weighted by Crippen LogP contribution is -2.04. The summed E-state index contributed by atoms with van der Waals surface area (Å²) in [6.45, 7) is 2.94. The Balaban J connectivity index is 1.42. The number of nitrogens with zero attached hydrogens (tertiary/aromatic N) is 4. The maximum atomic E-state index is 11.6. The van der Waals surface area contributed by atoms with Gasteiger partial charge in [0.25, 0.3) is 0 Å². The molecule has 158 valence electrons. The molecule has 4 aromatic rings. The molecule has 0 fully saturated rings. The van der Waals surface area contributed by atoms with Crippen LogP contribution in [0, 0.1) is 0 Å². The number of carbonyl (C=O) groups excluding carboxylic acids is 1. The molecule has 0 N–H and O–H groups in total. The average molecular weight is 451 g/mol. The predicted octanol–water partition coefficient (Wildman–Crippen LogP) is 5.09. The van der Waals surface area contributed by atoms with Crippen molar-refractivity contribution in [2.75, 3.05) is 7.11 Å². The van der Waals surface area contributed by atoms with Crippen LogP contribution in [0.3, 0.4) is 0 Å². The number of carbonyl (C=O) groups is 1. The Bertz CT molecular complexity index is 1150. The molecule has 0 radical (unpaired) electrons. The van der Waals surface area contributed by atoms with Gasteiger partial charge in [-0.15, -0.1) is 21.5 Å². The molecule has 0 aliphatic rings. The van der Waals surface area contributed by atoms with E-state index in [1.807, 2.05) is 30.3 Å². The summed E-state index contributed by atoms with van der Waals surface area (Å²) in [5, 5.41) is 12.7. The average Bonchev–Trinajstić information content (AvgIpc) is 3.44. The Kier molecular flexibility index (Phi) is 6.79. The highest BCUT2D eigenvalue weighted by Crippen LogP contribution is 2.28. The molecule has 0 aliphatic heterocycles. The van der Waals surface area contributed by atoms with Gasteiger partial charge in [0.1, 0.15) is 10.8 Å². The molecule has 0 unspecified atom stereocenters. The van der Waals surface area contributed by atoms with E-state index in [4.69, 9.17) is 9.72 Å². The molecule has 2 aromatic carbocycles. The molecular weight excluding hydrogens is 428 g/mol. The van der Waals surface area contributed by atoms with Crippen LogP contribution in [0.4, 0.5) is 0 Å². The molecule has 0 atom stereocenters. The van der Waals surface area contributed by atoms with Gasteiger partial charge in [0.05, 0.1) is 18.4 Å². The number of rotatable bonds is 8. The fourth-order valence-corrected chi connectivity index (χ4v) is 5.01. The second kappa shape index (κ2) is 9.89. The third-order valence-corrected chi connectivity index (χ3v) is 6.71. The largest absolute Gasteiger partial charge is 0.465 e. The third kappa shape index (κ3) is 5.03. The summed E-state index contributed by atoms with van der Waals surface area (Å²) in [5.74, 6) is 1.36. The lowest BCUT2D eigenvalue weighted by molar-refractivity contribution is 0.0601. The van der Waals surface area contributed by atoms with Gasteiger partial charge in [0.15, 0.2) is 5.16 Å². The first-order valence-corrected chi connectivity index (χ1v) is 11.8. The van der Waals surface area contributed by atoms with Crippen LogP contribution in [0.5, 0.6) is 0 Å². The Labute approximate surface area is 189 Å². The zero-order valence-electron chi connectivity index (χ0n) is 17.3. The van der Waals surface area contributed by atoms with Gasteiger partial charge in [-0.3, -0.25) is 0 Å². The van der Waals surface area contributed by atoms with Crippen LogP contribution in [-0.4, -0.2) is 32.8 Å². The van der Waals surface area contributed by atoms with Crippen molar-refractivity contribution in [3.8, 4) is 10.6 Å². The monoisotopic (exact) mass is 450 g/mol. The predicted molar refractivity (Wildman–Crippen MR) is 123 cm³/mol. The highest BCUT2D eigenvalue weighted by atomic mass is 32.2. The second-order valence-electron chi connectivity index (χ2n) is 6.81. The van der Waals surface area contributed by atoms with E-state index >= 15 is 0 Å². The van der Waals surface area contributed by atoms with Crippen molar-refractivity contribution in [1.82, 2.24) is 19.7 Å². The summed E-state index contributed by atoms with van der Waals surface area (Å²) in [6, 6.07) is 17.6. The SMILES string of the molecule is CCn1c(Cc2ccccc2)nnc1SCc1csc(-c2ccc(C(=O)OC)cc2)n1. The summed E-state index contributed by atoms with van der Waals surface area (Å²) in [5.41, 5.74) is 3.74. The van der Waals surface area contributed by atoms with Crippen molar-refractivity contribution in [2.24, 2.45) is 0 Å². The summed E-state index contributed by atoms with van der Waals surface area (Å²) in [4.78, 5) is 16.3. The molecule has 0 aliphatic carbocycles. The minimum Gasteiger partial charge on any atom is -0.465 e. The number of aromatic nitrogens is 4. The number of benzene rings is 2. The lowest BCUT2D eigenvalue weighted by atomic mass is 10.1. The Hall–Kier alpha value is -2.97. The van der Waals surface area contributed by atoms with Gasteiger partial charge in [0, 0.05) is 29.7 Å².